The highest BCUT2D eigenvalue weighted by molar-refractivity contribution is 5.08. The Morgan fingerprint density at radius 3 is 2.78 bits per heavy atom. The normalized spacial score (nSPS) is 38.3. The van der Waals surface area contributed by atoms with Crippen LogP contribution in [0, 0.1) is 0 Å². The predicted molar refractivity (Wildman–Crippen MR) is 77.9 cm³/mol. The molecule has 2 aliphatic heterocycles. The second-order valence-corrected chi connectivity index (χ2v) is 6.67. The maximum Gasteiger partial charge on any atom is 0.330 e. The maximum atomic E-state index is 12.1. The van der Waals surface area contributed by atoms with Crippen molar-refractivity contribution in [2.45, 2.75) is 62.4 Å². The molecule has 1 aromatic rings. The highest BCUT2D eigenvalue weighted by Crippen LogP contribution is 2.54. The highest BCUT2D eigenvalue weighted by atomic mass is 16.8. The van der Waals surface area contributed by atoms with Crippen molar-refractivity contribution in [3.8, 4) is 0 Å². The van der Waals surface area contributed by atoms with E-state index in [1.807, 2.05) is 6.92 Å². The summed E-state index contributed by atoms with van der Waals surface area (Å²) < 4.78 is 19.6. The lowest BCUT2D eigenvalue weighted by atomic mass is 9.96. The number of aliphatic hydroxyl groups is 1. The number of fused-ring (bicyclic) bond motifs is 1. The second kappa shape index (κ2) is 5.01. The van der Waals surface area contributed by atoms with Crippen molar-refractivity contribution >= 4 is 0 Å². The van der Waals surface area contributed by atoms with Crippen LogP contribution in [0.15, 0.2) is 21.9 Å². The lowest BCUT2D eigenvalue weighted by molar-refractivity contribution is -0.232. The number of ether oxygens (including phenoxy) is 3. The van der Waals surface area contributed by atoms with E-state index in [1.165, 1.54) is 16.8 Å². The summed E-state index contributed by atoms with van der Waals surface area (Å²) in [5.41, 5.74) is -1.95. The molecule has 1 spiro atoms. The summed E-state index contributed by atoms with van der Waals surface area (Å²) >= 11 is 0. The minimum absolute atomic E-state index is 0.228. The average molecular weight is 324 g/mol. The number of H-pyrrole nitrogens is 1. The first kappa shape index (κ1) is 15.1. The van der Waals surface area contributed by atoms with Gasteiger partial charge in [-0.3, -0.25) is 14.3 Å². The van der Waals surface area contributed by atoms with Gasteiger partial charge < -0.3 is 19.3 Å². The lowest BCUT2D eigenvalue weighted by Gasteiger charge is -2.31. The molecule has 1 aromatic heterocycles. The van der Waals surface area contributed by atoms with E-state index in [1.54, 1.807) is 0 Å². The van der Waals surface area contributed by atoms with Crippen LogP contribution >= 0.6 is 0 Å². The first-order valence-corrected chi connectivity index (χ1v) is 7.93. The summed E-state index contributed by atoms with van der Waals surface area (Å²) in [6, 6.07) is 1.26. The Labute approximate surface area is 132 Å². The van der Waals surface area contributed by atoms with Crippen LogP contribution in [0.2, 0.25) is 0 Å². The van der Waals surface area contributed by atoms with Crippen LogP contribution < -0.4 is 11.2 Å². The Kier molecular flexibility index (Phi) is 3.28. The molecule has 8 heteroatoms. The van der Waals surface area contributed by atoms with Gasteiger partial charge in [0.05, 0.1) is 6.61 Å². The molecule has 0 radical (unpaired) electrons. The smallest absolute Gasteiger partial charge is 0.330 e. The second-order valence-electron chi connectivity index (χ2n) is 6.67. The van der Waals surface area contributed by atoms with Crippen LogP contribution in [0.3, 0.4) is 0 Å². The Morgan fingerprint density at radius 2 is 2.13 bits per heavy atom. The first-order chi connectivity index (χ1) is 11.0. The third-order valence-electron chi connectivity index (χ3n) is 5.09. The summed E-state index contributed by atoms with van der Waals surface area (Å²) in [7, 11) is 0. The molecular weight excluding hydrogens is 304 g/mol. The van der Waals surface area contributed by atoms with E-state index in [0.717, 1.165) is 25.7 Å². The van der Waals surface area contributed by atoms with Gasteiger partial charge in [-0.2, -0.15) is 0 Å². The number of hydrogen-bond acceptors (Lipinski definition) is 6. The molecule has 3 aliphatic rings. The zero-order valence-corrected chi connectivity index (χ0v) is 12.9. The topological polar surface area (TPSA) is 103 Å². The Hall–Kier alpha value is -1.48. The maximum absolute atomic E-state index is 12.1. The molecule has 2 saturated heterocycles. The van der Waals surface area contributed by atoms with Gasteiger partial charge in [-0.15, -0.1) is 0 Å². The summed E-state index contributed by atoms with van der Waals surface area (Å²) in [6.07, 6.45) is 3.21. The van der Waals surface area contributed by atoms with Crippen molar-refractivity contribution in [2.24, 2.45) is 0 Å². The van der Waals surface area contributed by atoms with Gasteiger partial charge in [0.1, 0.15) is 17.8 Å². The molecule has 3 heterocycles. The van der Waals surface area contributed by atoms with Crippen molar-refractivity contribution < 1.29 is 19.3 Å². The average Bonchev–Trinajstić information content (AvgIpc) is 3.13. The van der Waals surface area contributed by atoms with Crippen LogP contribution in [-0.2, 0) is 14.2 Å². The van der Waals surface area contributed by atoms with E-state index >= 15 is 0 Å². The fourth-order valence-corrected chi connectivity index (χ4v) is 4.07. The van der Waals surface area contributed by atoms with Crippen molar-refractivity contribution in [3.05, 3.63) is 33.1 Å². The number of rotatable bonds is 2. The van der Waals surface area contributed by atoms with Gasteiger partial charge in [-0.25, -0.2) is 4.79 Å². The molecule has 3 fully saturated rings. The van der Waals surface area contributed by atoms with Gasteiger partial charge in [0.25, 0.3) is 5.56 Å². The van der Waals surface area contributed by atoms with Crippen molar-refractivity contribution in [1.82, 2.24) is 9.55 Å². The zero-order chi connectivity index (χ0) is 16.2. The Balaban J connectivity index is 1.76. The van der Waals surface area contributed by atoms with Crippen molar-refractivity contribution in [3.63, 3.8) is 0 Å². The molecule has 4 rings (SSSR count). The molecule has 4 atom stereocenters. The Bertz CT molecular complexity index is 721. The third kappa shape index (κ3) is 2.13. The van der Waals surface area contributed by atoms with E-state index < -0.39 is 41.1 Å². The number of aliphatic hydroxyl groups excluding tert-OH is 1. The third-order valence-corrected chi connectivity index (χ3v) is 5.09. The van der Waals surface area contributed by atoms with Gasteiger partial charge in [0.15, 0.2) is 12.0 Å². The van der Waals surface area contributed by atoms with Gasteiger partial charge in [-0.1, -0.05) is 0 Å². The predicted octanol–water partition coefficient (Wildman–Crippen LogP) is -0.129. The number of aromatic amines is 1. The zero-order valence-electron chi connectivity index (χ0n) is 12.9. The molecule has 0 bridgehead atoms. The fourth-order valence-electron chi connectivity index (χ4n) is 4.07. The SMILES string of the molecule is CC12OC3(CCCC3)OC1C(CO)OC2n1ccc(=O)[nH]c1=O. The number of nitrogens with zero attached hydrogens (tertiary/aromatic N) is 1. The molecule has 23 heavy (non-hydrogen) atoms. The quantitative estimate of drug-likeness (QED) is 0.786. The molecule has 126 valence electrons. The van der Waals surface area contributed by atoms with Crippen LogP contribution in [0.4, 0.5) is 0 Å². The van der Waals surface area contributed by atoms with E-state index in [-0.39, 0.29) is 6.61 Å². The van der Waals surface area contributed by atoms with Gasteiger partial charge in [0.2, 0.25) is 0 Å². The molecule has 4 unspecified atom stereocenters. The molecule has 0 aromatic carbocycles. The number of aromatic nitrogens is 2. The molecule has 8 nitrogen and oxygen atoms in total. The summed E-state index contributed by atoms with van der Waals surface area (Å²) in [5.74, 6) is -0.652. The first-order valence-electron chi connectivity index (χ1n) is 7.93. The van der Waals surface area contributed by atoms with Gasteiger partial charge >= 0.3 is 5.69 Å². The summed E-state index contributed by atoms with van der Waals surface area (Å²) in [6.45, 7) is 1.61. The number of nitrogens with one attached hydrogen (secondary N) is 1. The fraction of sp³-hybridized carbons (Fsp3) is 0.733. The van der Waals surface area contributed by atoms with E-state index in [4.69, 9.17) is 14.2 Å². The van der Waals surface area contributed by atoms with Crippen LogP contribution in [-0.4, -0.2) is 44.9 Å². The van der Waals surface area contributed by atoms with E-state index in [9.17, 15) is 14.7 Å². The number of hydrogen-bond donors (Lipinski definition) is 2. The van der Waals surface area contributed by atoms with E-state index in [0.29, 0.717) is 0 Å². The molecule has 0 amide bonds. The lowest BCUT2D eigenvalue weighted by Crippen LogP contribution is -2.45. The molecule has 1 saturated carbocycles. The standard InChI is InChI=1S/C15H20N2O6/c1-14-11(22-15(23-14)5-2-3-6-15)9(8-18)21-12(14)17-7-4-10(19)16-13(17)20/h4,7,9,11-12,18H,2-3,5-6,8H2,1H3,(H,16,19,20). The monoisotopic (exact) mass is 324 g/mol. The van der Waals surface area contributed by atoms with Gasteiger partial charge in [-0.05, 0) is 19.8 Å². The van der Waals surface area contributed by atoms with Crippen molar-refractivity contribution in [1.29, 1.82) is 0 Å². The minimum atomic E-state index is -0.903. The van der Waals surface area contributed by atoms with Crippen LogP contribution in [0.1, 0.15) is 38.8 Å². The molecule has 2 N–H and O–H groups in total. The van der Waals surface area contributed by atoms with Gasteiger partial charge in [0, 0.05) is 25.1 Å². The minimum Gasteiger partial charge on any atom is -0.394 e. The summed E-state index contributed by atoms with van der Waals surface area (Å²) in [4.78, 5) is 25.6. The highest BCUT2D eigenvalue weighted by Gasteiger charge is 2.66. The molecule has 1 aliphatic carbocycles. The molecular formula is C15H20N2O6. The largest absolute Gasteiger partial charge is 0.394 e. The Morgan fingerprint density at radius 1 is 1.39 bits per heavy atom. The van der Waals surface area contributed by atoms with Crippen LogP contribution in [0.25, 0.3) is 0 Å². The van der Waals surface area contributed by atoms with Crippen LogP contribution in [0.5, 0.6) is 0 Å². The summed E-state index contributed by atoms with van der Waals surface area (Å²) in [5, 5.41) is 9.63. The van der Waals surface area contributed by atoms with Crippen molar-refractivity contribution in [2.75, 3.05) is 6.61 Å². The van der Waals surface area contributed by atoms with E-state index in [2.05, 4.69) is 4.98 Å².